The number of methoxy groups -OCH3 is 1. The minimum atomic E-state index is -0.833. The molecule has 0 aliphatic heterocycles. The zero-order chi connectivity index (χ0) is 14.5. The summed E-state index contributed by atoms with van der Waals surface area (Å²) in [5.41, 5.74) is 1.87. The maximum Gasteiger partial charge on any atom is 0.304 e. The van der Waals surface area contributed by atoms with E-state index in [1.165, 1.54) is 0 Å². The van der Waals surface area contributed by atoms with Gasteiger partial charge in [-0.25, -0.2) is 0 Å². The monoisotopic (exact) mass is 290 g/mol. The standard InChI is InChI=1S/C16H15ClO3/c1-20-14-8-4-12(5-9-14)15(10-16(18)19)11-2-6-13(17)7-3-11/h2-9,15H,10H2,1H3,(H,18,19)/t15-/m1/s1. The Labute approximate surface area is 122 Å². The summed E-state index contributed by atoms with van der Waals surface area (Å²) in [6.45, 7) is 0. The molecule has 0 amide bonds. The van der Waals surface area contributed by atoms with Gasteiger partial charge in [0.05, 0.1) is 13.5 Å². The summed E-state index contributed by atoms with van der Waals surface area (Å²) in [4.78, 5) is 11.1. The number of aliphatic carboxylic acids is 1. The van der Waals surface area contributed by atoms with Crippen LogP contribution in [0, 0.1) is 0 Å². The summed E-state index contributed by atoms with van der Waals surface area (Å²) in [5.74, 6) is -0.282. The van der Waals surface area contributed by atoms with Crippen molar-refractivity contribution in [3.8, 4) is 5.75 Å². The topological polar surface area (TPSA) is 46.5 Å². The fraction of sp³-hybridized carbons (Fsp3) is 0.188. The molecule has 0 fully saturated rings. The Hall–Kier alpha value is -2.00. The summed E-state index contributed by atoms with van der Waals surface area (Å²) >= 11 is 5.87. The first-order valence-corrected chi connectivity index (χ1v) is 6.59. The second kappa shape index (κ2) is 6.44. The van der Waals surface area contributed by atoms with Crippen LogP contribution in [-0.4, -0.2) is 18.2 Å². The third-order valence-corrected chi connectivity index (χ3v) is 3.42. The average Bonchev–Trinajstić information content (AvgIpc) is 2.46. The Bertz CT molecular complexity index is 576. The van der Waals surface area contributed by atoms with E-state index in [0.717, 1.165) is 16.9 Å². The van der Waals surface area contributed by atoms with Crippen LogP contribution in [-0.2, 0) is 4.79 Å². The summed E-state index contributed by atoms with van der Waals surface area (Å²) in [7, 11) is 1.60. The van der Waals surface area contributed by atoms with E-state index in [2.05, 4.69) is 0 Å². The van der Waals surface area contributed by atoms with Crippen LogP contribution in [0.15, 0.2) is 48.5 Å². The Morgan fingerprint density at radius 3 is 2.05 bits per heavy atom. The molecule has 1 atom stereocenters. The molecule has 2 aromatic rings. The van der Waals surface area contributed by atoms with E-state index in [1.54, 1.807) is 19.2 Å². The summed E-state index contributed by atoms with van der Waals surface area (Å²) in [5, 5.41) is 9.75. The number of benzene rings is 2. The van der Waals surface area contributed by atoms with Crippen molar-refractivity contribution >= 4 is 17.6 Å². The maximum absolute atomic E-state index is 11.1. The lowest BCUT2D eigenvalue weighted by Gasteiger charge is -2.16. The second-order valence-corrected chi connectivity index (χ2v) is 4.91. The molecule has 2 aromatic carbocycles. The van der Waals surface area contributed by atoms with Gasteiger partial charge >= 0.3 is 5.97 Å². The van der Waals surface area contributed by atoms with Crippen LogP contribution in [0.1, 0.15) is 23.5 Å². The quantitative estimate of drug-likeness (QED) is 0.907. The van der Waals surface area contributed by atoms with Gasteiger partial charge in [-0.3, -0.25) is 4.79 Å². The molecule has 3 nitrogen and oxygen atoms in total. The van der Waals surface area contributed by atoms with Crippen molar-refractivity contribution in [3.63, 3.8) is 0 Å². The molecule has 0 radical (unpaired) electrons. The van der Waals surface area contributed by atoms with Gasteiger partial charge in [0.15, 0.2) is 0 Å². The van der Waals surface area contributed by atoms with Gasteiger partial charge in [-0.1, -0.05) is 35.9 Å². The number of rotatable bonds is 5. The molecule has 0 aliphatic rings. The molecule has 0 unspecified atom stereocenters. The van der Waals surface area contributed by atoms with Crippen LogP contribution >= 0.6 is 11.6 Å². The molecular weight excluding hydrogens is 276 g/mol. The molecule has 104 valence electrons. The van der Waals surface area contributed by atoms with Crippen LogP contribution in [0.4, 0.5) is 0 Å². The minimum absolute atomic E-state index is 0.0357. The molecule has 20 heavy (non-hydrogen) atoms. The zero-order valence-electron chi connectivity index (χ0n) is 11.0. The number of carboxylic acids is 1. The van der Waals surface area contributed by atoms with Crippen molar-refractivity contribution in [1.82, 2.24) is 0 Å². The average molecular weight is 291 g/mol. The Balaban J connectivity index is 2.35. The highest BCUT2D eigenvalue weighted by Gasteiger charge is 2.17. The highest BCUT2D eigenvalue weighted by atomic mass is 35.5. The van der Waals surface area contributed by atoms with Gasteiger partial charge in [-0.2, -0.15) is 0 Å². The highest BCUT2D eigenvalue weighted by Crippen LogP contribution is 2.30. The molecule has 1 N–H and O–H groups in total. The number of carboxylic acid groups (broad SMARTS) is 1. The highest BCUT2D eigenvalue weighted by molar-refractivity contribution is 6.30. The molecule has 0 bridgehead atoms. The third-order valence-electron chi connectivity index (χ3n) is 3.17. The van der Waals surface area contributed by atoms with Crippen molar-refractivity contribution in [3.05, 3.63) is 64.7 Å². The molecule has 0 heterocycles. The van der Waals surface area contributed by atoms with Gasteiger partial charge in [0.2, 0.25) is 0 Å². The smallest absolute Gasteiger partial charge is 0.304 e. The predicted molar refractivity (Wildman–Crippen MR) is 78.5 cm³/mol. The normalized spacial score (nSPS) is 11.9. The van der Waals surface area contributed by atoms with Gasteiger partial charge in [-0.15, -0.1) is 0 Å². The fourth-order valence-corrected chi connectivity index (χ4v) is 2.26. The van der Waals surface area contributed by atoms with Gasteiger partial charge < -0.3 is 9.84 Å². The Morgan fingerprint density at radius 2 is 1.60 bits per heavy atom. The van der Waals surface area contributed by atoms with Gasteiger partial charge in [0, 0.05) is 10.9 Å². The van der Waals surface area contributed by atoms with E-state index in [-0.39, 0.29) is 12.3 Å². The van der Waals surface area contributed by atoms with Gasteiger partial charge in [0.1, 0.15) is 5.75 Å². The van der Waals surface area contributed by atoms with Gasteiger partial charge in [-0.05, 0) is 35.4 Å². The lowest BCUT2D eigenvalue weighted by molar-refractivity contribution is -0.137. The number of hydrogen-bond acceptors (Lipinski definition) is 2. The second-order valence-electron chi connectivity index (χ2n) is 4.48. The summed E-state index contributed by atoms with van der Waals surface area (Å²) in [6.07, 6.45) is 0.0357. The van der Waals surface area contributed by atoms with Crippen LogP contribution in [0.25, 0.3) is 0 Å². The van der Waals surface area contributed by atoms with Crippen molar-refractivity contribution in [1.29, 1.82) is 0 Å². The lowest BCUT2D eigenvalue weighted by atomic mass is 9.88. The van der Waals surface area contributed by atoms with Crippen LogP contribution in [0.2, 0.25) is 5.02 Å². The molecule has 0 aliphatic carbocycles. The maximum atomic E-state index is 11.1. The zero-order valence-corrected chi connectivity index (χ0v) is 11.8. The predicted octanol–water partition coefficient (Wildman–Crippen LogP) is 3.96. The Morgan fingerprint density at radius 1 is 1.10 bits per heavy atom. The van der Waals surface area contributed by atoms with E-state index in [1.807, 2.05) is 36.4 Å². The summed E-state index contributed by atoms with van der Waals surface area (Å²) < 4.78 is 5.12. The largest absolute Gasteiger partial charge is 0.497 e. The van der Waals surface area contributed by atoms with Crippen molar-refractivity contribution in [2.75, 3.05) is 7.11 Å². The van der Waals surface area contributed by atoms with E-state index in [9.17, 15) is 4.79 Å². The van der Waals surface area contributed by atoms with E-state index < -0.39 is 5.97 Å². The molecular formula is C16H15ClO3. The first kappa shape index (κ1) is 14.4. The number of carbonyl (C=O) groups is 1. The molecule has 0 aromatic heterocycles. The van der Waals surface area contributed by atoms with Crippen molar-refractivity contribution < 1.29 is 14.6 Å². The Kier molecular flexibility index (Phi) is 4.64. The van der Waals surface area contributed by atoms with Crippen LogP contribution in [0.5, 0.6) is 5.75 Å². The number of ether oxygens (including phenoxy) is 1. The van der Waals surface area contributed by atoms with E-state index >= 15 is 0 Å². The van der Waals surface area contributed by atoms with E-state index in [0.29, 0.717) is 5.02 Å². The van der Waals surface area contributed by atoms with Crippen molar-refractivity contribution in [2.45, 2.75) is 12.3 Å². The van der Waals surface area contributed by atoms with Crippen LogP contribution in [0.3, 0.4) is 0 Å². The number of hydrogen-bond donors (Lipinski definition) is 1. The molecule has 4 heteroatoms. The SMILES string of the molecule is COc1ccc([C@H](CC(=O)O)c2ccc(Cl)cc2)cc1. The van der Waals surface area contributed by atoms with Crippen LogP contribution < -0.4 is 4.74 Å². The molecule has 2 rings (SSSR count). The fourth-order valence-electron chi connectivity index (χ4n) is 2.13. The molecule has 0 saturated carbocycles. The lowest BCUT2D eigenvalue weighted by Crippen LogP contribution is -2.08. The summed E-state index contributed by atoms with van der Waals surface area (Å²) in [6, 6.07) is 14.7. The van der Waals surface area contributed by atoms with E-state index in [4.69, 9.17) is 21.4 Å². The van der Waals surface area contributed by atoms with Crippen molar-refractivity contribution in [2.24, 2.45) is 0 Å². The molecule has 0 saturated heterocycles. The molecule has 0 spiro atoms. The third kappa shape index (κ3) is 3.52. The number of halogens is 1. The first-order valence-electron chi connectivity index (χ1n) is 6.21. The first-order chi connectivity index (χ1) is 9.60. The van der Waals surface area contributed by atoms with Gasteiger partial charge in [0.25, 0.3) is 0 Å². The minimum Gasteiger partial charge on any atom is -0.497 e.